The van der Waals surface area contributed by atoms with Gasteiger partial charge >= 0.3 is 0 Å². The van der Waals surface area contributed by atoms with Crippen molar-refractivity contribution in [2.75, 3.05) is 17.2 Å². The van der Waals surface area contributed by atoms with E-state index in [1.54, 1.807) is 22.6 Å². The van der Waals surface area contributed by atoms with Crippen LogP contribution in [0.1, 0.15) is 22.4 Å². The van der Waals surface area contributed by atoms with E-state index < -0.39 is 0 Å². The first-order chi connectivity index (χ1) is 14.1. The molecule has 0 unspecified atom stereocenters. The van der Waals surface area contributed by atoms with Crippen LogP contribution < -0.4 is 4.90 Å². The monoisotopic (exact) mass is 425 g/mol. The molecule has 0 aliphatic heterocycles. The molecular weight excluding hydrogens is 402 g/mol. The second-order valence-corrected chi connectivity index (χ2v) is 8.62. The van der Waals surface area contributed by atoms with E-state index in [2.05, 4.69) is 27.7 Å². The van der Waals surface area contributed by atoms with Crippen LogP contribution in [0, 0.1) is 25.2 Å². The largest absolute Gasteiger partial charge is 0.311 e. The van der Waals surface area contributed by atoms with Crippen LogP contribution in [0.2, 0.25) is 0 Å². The zero-order valence-corrected chi connectivity index (χ0v) is 18.2. The molecular formula is C21H23N5OS2. The predicted octanol–water partition coefficient (Wildman–Crippen LogP) is 4.24. The number of hydrogen-bond donors (Lipinski definition) is 0. The molecule has 0 bridgehead atoms. The predicted molar refractivity (Wildman–Crippen MR) is 117 cm³/mol. The maximum atomic E-state index is 12.9. The van der Waals surface area contributed by atoms with Gasteiger partial charge in [0.05, 0.1) is 18.2 Å². The fourth-order valence-electron chi connectivity index (χ4n) is 2.85. The second kappa shape index (κ2) is 10.2. The average molecular weight is 426 g/mol. The summed E-state index contributed by atoms with van der Waals surface area (Å²) in [5.41, 5.74) is 3.13. The summed E-state index contributed by atoms with van der Waals surface area (Å²) in [6.07, 6.45) is 2.91. The summed E-state index contributed by atoms with van der Waals surface area (Å²) in [5, 5.41) is 19.9. The molecule has 2 heterocycles. The first-order valence-electron chi connectivity index (χ1n) is 9.36. The molecule has 0 atom stereocenters. The summed E-state index contributed by atoms with van der Waals surface area (Å²) in [4.78, 5) is 15.9. The number of nitrogens with zero attached hydrogens (tertiary/aromatic N) is 5. The number of thiophene rings is 1. The summed E-state index contributed by atoms with van der Waals surface area (Å²) in [6, 6.07) is 12.2. The Morgan fingerprint density at radius 2 is 2.17 bits per heavy atom. The Labute approximate surface area is 179 Å². The van der Waals surface area contributed by atoms with Crippen molar-refractivity contribution >= 4 is 34.7 Å². The molecule has 0 saturated carbocycles. The lowest BCUT2D eigenvalue weighted by Crippen LogP contribution is -2.33. The quantitative estimate of drug-likeness (QED) is 0.480. The van der Waals surface area contributed by atoms with Crippen LogP contribution in [0.25, 0.3) is 0 Å². The van der Waals surface area contributed by atoms with Gasteiger partial charge < -0.3 is 9.47 Å². The van der Waals surface area contributed by atoms with Gasteiger partial charge in [0.25, 0.3) is 0 Å². The highest BCUT2D eigenvalue weighted by Gasteiger charge is 2.18. The first kappa shape index (κ1) is 21.1. The summed E-state index contributed by atoms with van der Waals surface area (Å²) >= 11 is 3.11. The van der Waals surface area contributed by atoms with Gasteiger partial charge in [-0.2, -0.15) is 5.26 Å². The smallest absolute Gasteiger partial charge is 0.237 e. The van der Waals surface area contributed by atoms with E-state index in [-0.39, 0.29) is 11.7 Å². The van der Waals surface area contributed by atoms with Gasteiger partial charge in [0.15, 0.2) is 5.16 Å². The topological polar surface area (TPSA) is 74.8 Å². The number of benzene rings is 1. The number of nitriles is 1. The zero-order chi connectivity index (χ0) is 20.6. The highest BCUT2D eigenvalue weighted by atomic mass is 32.2. The van der Waals surface area contributed by atoms with E-state index >= 15 is 0 Å². The van der Waals surface area contributed by atoms with Crippen molar-refractivity contribution in [3.05, 3.63) is 58.0 Å². The van der Waals surface area contributed by atoms with E-state index in [1.807, 2.05) is 42.7 Å². The Morgan fingerprint density at radius 3 is 2.90 bits per heavy atom. The summed E-state index contributed by atoms with van der Waals surface area (Å²) in [6.45, 7) is 5.22. The van der Waals surface area contributed by atoms with Crippen LogP contribution in [0.3, 0.4) is 0 Å². The normalized spacial score (nSPS) is 10.7. The van der Waals surface area contributed by atoms with Crippen molar-refractivity contribution in [3.8, 4) is 6.07 Å². The van der Waals surface area contributed by atoms with Crippen molar-refractivity contribution in [1.82, 2.24) is 14.8 Å². The lowest BCUT2D eigenvalue weighted by Gasteiger charge is -2.22. The molecule has 150 valence electrons. The van der Waals surface area contributed by atoms with Gasteiger partial charge in [-0.1, -0.05) is 23.9 Å². The van der Waals surface area contributed by atoms with Crippen LogP contribution in [0.15, 0.2) is 47.2 Å². The third-order valence-electron chi connectivity index (χ3n) is 4.63. The molecule has 3 aromatic rings. The van der Waals surface area contributed by atoms with E-state index in [0.717, 1.165) is 29.4 Å². The average Bonchev–Trinajstić information content (AvgIpc) is 3.39. The van der Waals surface area contributed by atoms with E-state index in [1.165, 1.54) is 22.2 Å². The molecule has 6 nitrogen and oxygen atoms in total. The Bertz CT molecular complexity index is 991. The Hall–Kier alpha value is -2.63. The molecule has 0 aliphatic rings. The van der Waals surface area contributed by atoms with E-state index in [4.69, 9.17) is 5.26 Å². The molecule has 2 aromatic heterocycles. The molecule has 29 heavy (non-hydrogen) atoms. The number of rotatable bonds is 9. The maximum absolute atomic E-state index is 12.9. The minimum Gasteiger partial charge on any atom is -0.311 e. The fourth-order valence-corrected chi connectivity index (χ4v) is 4.37. The van der Waals surface area contributed by atoms with Gasteiger partial charge in [-0.3, -0.25) is 4.79 Å². The Morgan fingerprint density at radius 1 is 1.31 bits per heavy atom. The molecule has 0 aliphatic carbocycles. The molecule has 0 fully saturated rings. The molecule has 0 radical (unpaired) electrons. The molecule has 1 amide bonds. The van der Waals surface area contributed by atoms with Gasteiger partial charge in [0.1, 0.15) is 6.33 Å². The zero-order valence-electron chi connectivity index (χ0n) is 16.5. The van der Waals surface area contributed by atoms with Crippen LogP contribution in [0.5, 0.6) is 0 Å². The SMILES string of the molecule is Cc1ccc(N(CCC#N)C(=O)CSc2nncn2CCc2cccs2)cc1C. The van der Waals surface area contributed by atoms with Crippen molar-refractivity contribution in [2.24, 2.45) is 0 Å². The van der Waals surface area contributed by atoms with Crippen molar-refractivity contribution in [2.45, 2.75) is 38.4 Å². The molecule has 0 N–H and O–H groups in total. The Balaban J connectivity index is 1.65. The first-order valence-corrected chi connectivity index (χ1v) is 11.2. The second-order valence-electron chi connectivity index (χ2n) is 6.65. The number of amides is 1. The molecule has 0 spiro atoms. The summed E-state index contributed by atoms with van der Waals surface area (Å²) in [7, 11) is 0. The number of hydrogen-bond acceptors (Lipinski definition) is 6. The van der Waals surface area contributed by atoms with E-state index in [0.29, 0.717) is 13.0 Å². The van der Waals surface area contributed by atoms with Crippen LogP contribution >= 0.6 is 23.1 Å². The highest BCUT2D eigenvalue weighted by molar-refractivity contribution is 7.99. The van der Waals surface area contributed by atoms with Gasteiger partial charge in [0.2, 0.25) is 5.91 Å². The summed E-state index contributed by atoms with van der Waals surface area (Å²) in [5.74, 6) is 0.206. The standard InChI is InChI=1S/C21H23N5OS2/c1-16-6-7-18(13-17(16)2)26(10-4-9-22)20(27)14-29-21-24-23-15-25(21)11-8-19-5-3-12-28-19/h3,5-7,12-13,15H,4,8,10-11,14H2,1-2H3. The number of anilines is 1. The summed E-state index contributed by atoms with van der Waals surface area (Å²) < 4.78 is 1.98. The third kappa shape index (κ3) is 5.68. The van der Waals surface area contributed by atoms with Gasteiger partial charge in [0, 0.05) is 23.7 Å². The number of thioether (sulfide) groups is 1. The van der Waals surface area contributed by atoms with Crippen molar-refractivity contribution in [3.63, 3.8) is 0 Å². The van der Waals surface area contributed by atoms with Gasteiger partial charge in [-0.15, -0.1) is 21.5 Å². The third-order valence-corrected chi connectivity index (χ3v) is 6.54. The molecule has 0 saturated heterocycles. The number of carbonyl (C=O) groups excluding carboxylic acids is 1. The lowest BCUT2D eigenvalue weighted by atomic mass is 10.1. The van der Waals surface area contributed by atoms with Crippen LogP contribution in [0.4, 0.5) is 5.69 Å². The molecule has 8 heteroatoms. The lowest BCUT2D eigenvalue weighted by molar-refractivity contribution is -0.116. The molecule has 1 aromatic carbocycles. The van der Waals surface area contributed by atoms with Crippen LogP contribution in [-0.2, 0) is 17.8 Å². The number of aryl methyl sites for hydroxylation is 4. The van der Waals surface area contributed by atoms with Gasteiger partial charge in [-0.25, -0.2) is 0 Å². The van der Waals surface area contributed by atoms with Crippen molar-refractivity contribution in [1.29, 1.82) is 5.26 Å². The van der Waals surface area contributed by atoms with Crippen molar-refractivity contribution < 1.29 is 4.79 Å². The highest BCUT2D eigenvalue weighted by Crippen LogP contribution is 2.22. The van der Waals surface area contributed by atoms with Crippen LogP contribution in [-0.4, -0.2) is 33.0 Å². The number of carbonyl (C=O) groups is 1. The van der Waals surface area contributed by atoms with E-state index in [9.17, 15) is 4.79 Å². The minimum atomic E-state index is -0.0405. The maximum Gasteiger partial charge on any atom is 0.237 e. The Kier molecular flexibility index (Phi) is 7.44. The minimum absolute atomic E-state index is 0.0405. The number of aromatic nitrogens is 3. The van der Waals surface area contributed by atoms with Gasteiger partial charge in [-0.05, 0) is 55.0 Å². The fraction of sp³-hybridized carbons (Fsp3) is 0.333. The molecule has 3 rings (SSSR count).